The summed E-state index contributed by atoms with van der Waals surface area (Å²) in [5.74, 6) is 0.884. The highest BCUT2D eigenvalue weighted by Crippen LogP contribution is 2.15. The van der Waals surface area contributed by atoms with E-state index in [-0.39, 0.29) is 0 Å². The fourth-order valence-corrected chi connectivity index (χ4v) is 2.59. The molecule has 0 aliphatic heterocycles. The zero-order valence-corrected chi connectivity index (χ0v) is 29.7. The molecule has 0 N–H and O–H groups in total. The summed E-state index contributed by atoms with van der Waals surface area (Å²) >= 11 is 3.47. The number of terminal acetylenes is 1. The minimum Gasteiger partial charge on any atom is -0.124 e. The third kappa shape index (κ3) is 31.8. The maximum atomic E-state index is 4.00. The molecule has 0 heterocycles. The lowest BCUT2D eigenvalue weighted by molar-refractivity contribution is 0.626. The van der Waals surface area contributed by atoms with Gasteiger partial charge < -0.3 is 0 Å². The Bertz CT molecular complexity index is 845. The van der Waals surface area contributed by atoms with Gasteiger partial charge in [-0.25, -0.2) is 0 Å². The summed E-state index contributed by atoms with van der Waals surface area (Å²) in [5.41, 5.74) is 6.69. The Morgan fingerprint density at radius 2 is 1.18 bits per heavy atom. The van der Waals surface area contributed by atoms with Gasteiger partial charge in [-0.1, -0.05) is 176 Å². The lowest BCUT2D eigenvalue weighted by Gasteiger charge is -2.01. The van der Waals surface area contributed by atoms with Gasteiger partial charge in [-0.3, -0.25) is 0 Å². The molecule has 39 heavy (non-hydrogen) atoms. The maximum Gasteiger partial charge on any atom is -0.00495 e. The van der Waals surface area contributed by atoms with Crippen molar-refractivity contribution in [2.24, 2.45) is 5.92 Å². The van der Waals surface area contributed by atoms with E-state index in [0.29, 0.717) is 0 Å². The summed E-state index contributed by atoms with van der Waals surface area (Å²) in [6.45, 7) is 29.4. The van der Waals surface area contributed by atoms with Gasteiger partial charge in [0.25, 0.3) is 0 Å². The van der Waals surface area contributed by atoms with Crippen molar-refractivity contribution < 1.29 is 0 Å². The third-order valence-corrected chi connectivity index (χ3v) is 5.80. The van der Waals surface area contributed by atoms with E-state index in [1.807, 2.05) is 47.6 Å². The van der Waals surface area contributed by atoms with Crippen molar-refractivity contribution in [2.75, 3.05) is 0 Å². The Hall–Kier alpha value is -2.30. The second-order valence-corrected chi connectivity index (χ2v) is 9.24. The predicted octanol–water partition coefficient (Wildman–Crippen LogP) is 13.8. The van der Waals surface area contributed by atoms with E-state index in [2.05, 4.69) is 151 Å². The van der Waals surface area contributed by atoms with Gasteiger partial charge in [0.15, 0.2) is 0 Å². The van der Waals surface area contributed by atoms with Gasteiger partial charge >= 0.3 is 0 Å². The molecule has 0 amide bonds. The van der Waals surface area contributed by atoms with Crippen molar-refractivity contribution in [3.05, 3.63) is 93.0 Å². The third-order valence-electron chi connectivity index (χ3n) is 5.01. The number of aryl methyl sites for hydroxylation is 1. The summed E-state index contributed by atoms with van der Waals surface area (Å²) in [4.78, 5) is 0. The zero-order chi connectivity index (χ0) is 31.6. The molecule has 2 aromatic rings. The molecular formula is C38H63Br. The van der Waals surface area contributed by atoms with Crippen LogP contribution in [0, 0.1) is 18.8 Å². The predicted molar refractivity (Wildman–Crippen MR) is 192 cm³/mol. The molecule has 0 saturated heterocycles. The molecule has 0 nitrogen and oxygen atoms in total. The summed E-state index contributed by atoms with van der Waals surface area (Å²) in [7, 11) is 0. The molecule has 0 atom stereocenters. The van der Waals surface area contributed by atoms with E-state index in [4.69, 9.17) is 0 Å². The average molecular weight is 600 g/mol. The molecule has 0 aliphatic rings. The van der Waals surface area contributed by atoms with E-state index in [1.54, 1.807) is 0 Å². The lowest BCUT2D eigenvalue weighted by atomic mass is 10.0. The van der Waals surface area contributed by atoms with E-state index < -0.39 is 0 Å². The Balaban J connectivity index is -0.000000145. The molecule has 1 heteroatoms. The molecule has 0 aromatic heterocycles. The molecule has 2 rings (SSSR count). The molecular weight excluding hydrogens is 536 g/mol. The molecule has 0 fully saturated rings. The highest BCUT2D eigenvalue weighted by molar-refractivity contribution is 9.11. The number of benzene rings is 2. The Morgan fingerprint density at radius 3 is 1.56 bits per heavy atom. The molecule has 222 valence electrons. The standard InChI is InChI=1S/C16H16.C9H15Br.C5H12.3C2H6.C2H2/c1-2-15-10-6-7-11-16(15)13-12-14-8-4-3-5-9-14;1-5-9(10)6-8(4)7(2)3;1-4-5(2)3;4*1-2/h3-13H,2H2,1H3;6H,5H2,1-4H3;5H,4H2,1-3H3;3*1-2H3;1-2H/b;9-6+;;;;;. The first kappa shape index (κ1) is 46.5. The van der Waals surface area contributed by atoms with Gasteiger partial charge in [0.05, 0.1) is 0 Å². The quantitative estimate of drug-likeness (QED) is 0.176. The van der Waals surface area contributed by atoms with Crippen LogP contribution in [0.4, 0.5) is 0 Å². The number of rotatable bonds is 6. The van der Waals surface area contributed by atoms with Crippen LogP contribution in [0.3, 0.4) is 0 Å². The number of halogens is 1. The van der Waals surface area contributed by atoms with Crippen molar-refractivity contribution in [1.29, 1.82) is 0 Å². The van der Waals surface area contributed by atoms with Crippen molar-refractivity contribution in [3.8, 4) is 12.8 Å². The largest absolute Gasteiger partial charge is 0.124 e. The number of hydrogen-bond acceptors (Lipinski definition) is 0. The SMILES string of the molecule is C#C.CC.CC.CC.CC/C(Br)=C\C(C)=C(C)C.CCC(C)C.CCc1ccccc1C=Cc1ccccc1. The van der Waals surface area contributed by atoms with E-state index >= 15 is 0 Å². The van der Waals surface area contributed by atoms with Crippen LogP contribution in [0.1, 0.15) is 126 Å². The molecule has 0 saturated carbocycles. The summed E-state index contributed by atoms with van der Waals surface area (Å²) in [6, 6.07) is 18.9. The van der Waals surface area contributed by atoms with Crippen LogP contribution in [0.2, 0.25) is 0 Å². The lowest BCUT2D eigenvalue weighted by Crippen LogP contribution is -1.84. The zero-order valence-electron chi connectivity index (χ0n) is 28.2. The molecule has 0 unspecified atom stereocenters. The second kappa shape index (κ2) is 37.9. The maximum absolute atomic E-state index is 4.00. The van der Waals surface area contributed by atoms with Gasteiger partial charge in [0.2, 0.25) is 0 Å². The smallest absolute Gasteiger partial charge is 0.00495 e. The topological polar surface area (TPSA) is 0 Å². The van der Waals surface area contributed by atoms with Gasteiger partial charge in [-0.2, -0.15) is 0 Å². The van der Waals surface area contributed by atoms with Crippen molar-refractivity contribution >= 4 is 28.1 Å². The minimum absolute atomic E-state index is 0.884. The van der Waals surface area contributed by atoms with Crippen molar-refractivity contribution in [2.45, 2.75) is 116 Å². The van der Waals surface area contributed by atoms with Crippen LogP contribution in [0.5, 0.6) is 0 Å². The monoisotopic (exact) mass is 598 g/mol. The first-order chi connectivity index (χ1) is 18.7. The van der Waals surface area contributed by atoms with E-state index in [0.717, 1.165) is 18.8 Å². The van der Waals surface area contributed by atoms with Crippen molar-refractivity contribution in [1.82, 2.24) is 0 Å². The normalized spacial score (nSPS) is 9.13. The molecule has 2 aromatic carbocycles. The van der Waals surface area contributed by atoms with E-state index in [9.17, 15) is 0 Å². The average Bonchev–Trinajstić information content (AvgIpc) is 3.01. The molecule has 0 spiro atoms. The highest BCUT2D eigenvalue weighted by atomic mass is 79.9. The summed E-state index contributed by atoms with van der Waals surface area (Å²) in [5, 5.41) is 0. The highest BCUT2D eigenvalue weighted by Gasteiger charge is 1.94. The number of allylic oxidation sites excluding steroid dienone is 4. The van der Waals surface area contributed by atoms with Gasteiger partial charge in [-0.15, -0.1) is 12.8 Å². The van der Waals surface area contributed by atoms with Gasteiger partial charge in [-0.05, 0) is 66.8 Å². The first-order valence-electron chi connectivity index (χ1n) is 14.9. The van der Waals surface area contributed by atoms with Gasteiger partial charge in [0.1, 0.15) is 0 Å². The number of hydrogen-bond donors (Lipinski definition) is 0. The molecule has 0 bridgehead atoms. The van der Waals surface area contributed by atoms with E-state index in [1.165, 1.54) is 38.7 Å². The summed E-state index contributed by atoms with van der Waals surface area (Å²) in [6.07, 6.45) is 18.0. The van der Waals surface area contributed by atoms with Crippen LogP contribution in [0.15, 0.2) is 76.3 Å². The first-order valence-corrected chi connectivity index (χ1v) is 15.7. The van der Waals surface area contributed by atoms with Crippen molar-refractivity contribution in [3.63, 3.8) is 0 Å². The Morgan fingerprint density at radius 1 is 0.744 bits per heavy atom. The minimum atomic E-state index is 0.884. The van der Waals surface area contributed by atoms with Crippen LogP contribution in [0.25, 0.3) is 12.2 Å². The van der Waals surface area contributed by atoms with Crippen LogP contribution in [-0.4, -0.2) is 0 Å². The van der Waals surface area contributed by atoms with Crippen LogP contribution < -0.4 is 0 Å². The fraction of sp³-hybridized carbons (Fsp3) is 0.474. The summed E-state index contributed by atoms with van der Waals surface area (Å²) < 4.78 is 1.27. The Kier molecular flexibility index (Phi) is 45.2. The van der Waals surface area contributed by atoms with Crippen LogP contribution >= 0.6 is 15.9 Å². The molecule has 0 radical (unpaired) electrons. The van der Waals surface area contributed by atoms with Crippen LogP contribution in [-0.2, 0) is 6.42 Å². The molecule has 0 aliphatic carbocycles. The fourth-order valence-electron chi connectivity index (χ4n) is 2.25. The van der Waals surface area contributed by atoms with Gasteiger partial charge in [0, 0.05) is 0 Å². The second-order valence-electron chi connectivity index (χ2n) is 8.23. The Labute approximate surface area is 255 Å².